The summed E-state index contributed by atoms with van der Waals surface area (Å²) in [5, 5.41) is 5.83. The molecule has 3 heteroatoms. The van der Waals surface area contributed by atoms with Crippen LogP contribution >= 0.6 is 11.3 Å². The lowest BCUT2D eigenvalue weighted by Gasteiger charge is -2.33. The summed E-state index contributed by atoms with van der Waals surface area (Å²) in [7, 11) is 0. The second-order valence-corrected chi connectivity index (χ2v) is 8.46. The molecule has 0 aromatic carbocycles. The molecule has 1 atom stereocenters. The lowest BCUT2D eigenvalue weighted by molar-refractivity contribution is -0.0624. The van der Waals surface area contributed by atoms with Gasteiger partial charge in [0.05, 0.1) is 11.7 Å². The number of ether oxygens (including phenoxy) is 1. The average Bonchev–Trinajstić information content (AvgIpc) is 3.11. The molecule has 2 heterocycles. The molecule has 0 bridgehead atoms. The zero-order chi connectivity index (χ0) is 14.8. The summed E-state index contributed by atoms with van der Waals surface area (Å²) in [5.74, 6) is 0. The van der Waals surface area contributed by atoms with E-state index in [4.69, 9.17) is 4.74 Å². The van der Waals surface area contributed by atoms with E-state index in [9.17, 15) is 0 Å². The average molecular weight is 308 g/mol. The van der Waals surface area contributed by atoms with Crippen LogP contribution in [0.3, 0.4) is 0 Å². The van der Waals surface area contributed by atoms with Gasteiger partial charge in [-0.05, 0) is 37.1 Å². The highest BCUT2D eigenvalue weighted by Crippen LogP contribution is 2.41. The molecule has 1 N–H and O–H groups in total. The predicted octanol–water partition coefficient (Wildman–Crippen LogP) is 4.50. The number of hydrogen-bond donors (Lipinski definition) is 1. The highest BCUT2D eigenvalue weighted by molar-refractivity contribution is 7.10. The maximum absolute atomic E-state index is 6.44. The van der Waals surface area contributed by atoms with Gasteiger partial charge in [0.15, 0.2) is 0 Å². The SMILES string of the molecule is CC(C)(CNCC1CCC2(CCCCC2)O1)c1cccs1. The molecular formula is C18H29NOS. The van der Waals surface area contributed by atoms with Gasteiger partial charge in [0, 0.05) is 23.4 Å². The summed E-state index contributed by atoms with van der Waals surface area (Å²) >= 11 is 1.86. The second-order valence-electron chi connectivity index (χ2n) is 7.51. The fraction of sp³-hybridized carbons (Fsp3) is 0.778. The summed E-state index contributed by atoms with van der Waals surface area (Å²) in [6.45, 7) is 6.69. The quantitative estimate of drug-likeness (QED) is 0.865. The first kappa shape index (κ1) is 15.5. The molecule has 0 radical (unpaired) electrons. The predicted molar refractivity (Wildman–Crippen MR) is 90.1 cm³/mol. The van der Waals surface area contributed by atoms with Gasteiger partial charge >= 0.3 is 0 Å². The van der Waals surface area contributed by atoms with Gasteiger partial charge in [0.1, 0.15) is 0 Å². The molecular weight excluding hydrogens is 278 g/mol. The van der Waals surface area contributed by atoms with Crippen LogP contribution in [-0.2, 0) is 10.2 Å². The van der Waals surface area contributed by atoms with Crippen molar-refractivity contribution in [1.82, 2.24) is 5.32 Å². The van der Waals surface area contributed by atoms with Gasteiger partial charge < -0.3 is 10.1 Å². The molecule has 3 rings (SSSR count). The first-order chi connectivity index (χ1) is 10.1. The largest absolute Gasteiger partial charge is 0.370 e. The topological polar surface area (TPSA) is 21.3 Å². The molecule has 2 nitrogen and oxygen atoms in total. The Morgan fingerprint density at radius 1 is 1.29 bits per heavy atom. The normalized spacial score (nSPS) is 25.5. The molecule has 1 aliphatic carbocycles. The van der Waals surface area contributed by atoms with Crippen LogP contribution in [0.25, 0.3) is 0 Å². The van der Waals surface area contributed by atoms with Crippen molar-refractivity contribution in [3.8, 4) is 0 Å². The highest BCUT2D eigenvalue weighted by Gasteiger charge is 2.40. The molecule has 1 spiro atoms. The van der Waals surface area contributed by atoms with E-state index in [1.54, 1.807) is 0 Å². The number of hydrogen-bond acceptors (Lipinski definition) is 3. The second kappa shape index (κ2) is 6.39. The van der Waals surface area contributed by atoms with Crippen LogP contribution in [-0.4, -0.2) is 24.8 Å². The molecule has 1 aromatic rings. The minimum atomic E-state index is 0.218. The van der Waals surface area contributed by atoms with E-state index >= 15 is 0 Å². The van der Waals surface area contributed by atoms with E-state index in [0.717, 1.165) is 13.1 Å². The van der Waals surface area contributed by atoms with E-state index < -0.39 is 0 Å². The van der Waals surface area contributed by atoms with E-state index in [2.05, 4.69) is 36.7 Å². The van der Waals surface area contributed by atoms with Crippen LogP contribution in [0.1, 0.15) is 63.7 Å². The smallest absolute Gasteiger partial charge is 0.0708 e. The van der Waals surface area contributed by atoms with Crippen LogP contribution in [0.5, 0.6) is 0 Å². The van der Waals surface area contributed by atoms with Gasteiger partial charge in [-0.3, -0.25) is 0 Å². The van der Waals surface area contributed by atoms with Crippen molar-refractivity contribution >= 4 is 11.3 Å². The van der Waals surface area contributed by atoms with Crippen molar-refractivity contribution in [2.75, 3.05) is 13.1 Å². The molecule has 21 heavy (non-hydrogen) atoms. The van der Waals surface area contributed by atoms with Crippen molar-refractivity contribution < 1.29 is 4.74 Å². The minimum Gasteiger partial charge on any atom is -0.370 e. The summed E-state index contributed by atoms with van der Waals surface area (Å²) in [6, 6.07) is 4.39. The Balaban J connectivity index is 1.44. The lowest BCUT2D eigenvalue weighted by Crippen LogP contribution is -2.38. The molecule has 1 aromatic heterocycles. The monoisotopic (exact) mass is 307 g/mol. The molecule has 1 aliphatic heterocycles. The number of rotatable bonds is 5. The minimum absolute atomic E-state index is 0.218. The Labute approximate surface area is 133 Å². The van der Waals surface area contributed by atoms with E-state index in [1.807, 2.05) is 11.3 Å². The fourth-order valence-corrected chi connectivity index (χ4v) is 4.75. The third kappa shape index (κ3) is 3.69. The first-order valence-electron chi connectivity index (χ1n) is 8.52. The molecule has 1 saturated heterocycles. The zero-order valence-corrected chi connectivity index (χ0v) is 14.3. The van der Waals surface area contributed by atoms with Crippen LogP contribution in [0, 0.1) is 0 Å². The molecule has 2 fully saturated rings. The van der Waals surface area contributed by atoms with Crippen LogP contribution < -0.4 is 5.32 Å². The van der Waals surface area contributed by atoms with Gasteiger partial charge in [0.25, 0.3) is 0 Å². The lowest BCUT2D eigenvalue weighted by atomic mass is 9.83. The Morgan fingerprint density at radius 3 is 2.81 bits per heavy atom. The summed E-state index contributed by atoms with van der Waals surface area (Å²) in [6.07, 6.45) is 9.69. The van der Waals surface area contributed by atoms with Gasteiger partial charge in [0.2, 0.25) is 0 Å². The van der Waals surface area contributed by atoms with Crippen molar-refractivity contribution in [3.63, 3.8) is 0 Å². The Bertz CT molecular complexity index is 434. The standard InChI is InChI=1S/C18H29NOS/c1-17(2,16-7-6-12-21-16)14-19-13-15-8-11-18(20-15)9-4-3-5-10-18/h6-7,12,15,19H,3-5,8-11,13-14H2,1-2H3. The van der Waals surface area contributed by atoms with Crippen LogP contribution in [0.2, 0.25) is 0 Å². The molecule has 1 unspecified atom stereocenters. The van der Waals surface area contributed by atoms with Gasteiger partial charge in [-0.25, -0.2) is 0 Å². The van der Waals surface area contributed by atoms with Gasteiger partial charge in [-0.1, -0.05) is 39.2 Å². The summed E-state index contributed by atoms with van der Waals surface area (Å²) in [4.78, 5) is 1.46. The van der Waals surface area contributed by atoms with Gasteiger partial charge in [-0.15, -0.1) is 11.3 Å². The zero-order valence-electron chi connectivity index (χ0n) is 13.5. The number of nitrogens with one attached hydrogen (secondary N) is 1. The fourth-order valence-electron chi connectivity index (χ4n) is 3.90. The van der Waals surface area contributed by atoms with Crippen LogP contribution in [0.15, 0.2) is 17.5 Å². The Morgan fingerprint density at radius 2 is 2.10 bits per heavy atom. The van der Waals surface area contributed by atoms with Crippen molar-refractivity contribution in [3.05, 3.63) is 22.4 Å². The van der Waals surface area contributed by atoms with Crippen molar-refractivity contribution in [2.45, 2.75) is 75.9 Å². The molecule has 2 aliphatic rings. The van der Waals surface area contributed by atoms with E-state index in [-0.39, 0.29) is 11.0 Å². The van der Waals surface area contributed by atoms with E-state index in [1.165, 1.54) is 49.8 Å². The van der Waals surface area contributed by atoms with Crippen LogP contribution in [0.4, 0.5) is 0 Å². The first-order valence-corrected chi connectivity index (χ1v) is 9.40. The molecule has 1 saturated carbocycles. The summed E-state index contributed by atoms with van der Waals surface area (Å²) < 4.78 is 6.44. The third-order valence-electron chi connectivity index (χ3n) is 5.23. The van der Waals surface area contributed by atoms with Crippen molar-refractivity contribution in [1.29, 1.82) is 0 Å². The maximum atomic E-state index is 6.44. The van der Waals surface area contributed by atoms with Crippen molar-refractivity contribution in [2.24, 2.45) is 0 Å². The third-order valence-corrected chi connectivity index (χ3v) is 6.47. The summed E-state index contributed by atoms with van der Waals surface area (Å²) in [5.41, 5.74) is 0.475. The van der Waals surface area contributed by atoms with Gasteiger partial charge in [-0.2, -0.15) is 0 Å². The maximum Gasteiger partial charge on any atom is 0.0708 e. The highest BCUT2D eigenvalue weighted by atomic mass is 32.1. The molecule has 0 amide bonds. The number of thiophene rings is 1. The van der Waals surface area contributed by atoms with E-state index in [0.29, 0.717) is 6.10 Å². The molecule has 118 valence electrons. The Hall–Kier alpha value is -0.380. The Kier molecular flexibility index (Phi) is 4.72.